The molecule has 0 N–H and O–H groups in total. The zero-order chi connectivity index (χ0) is 13.1. The molecule has 1 aliphatic rings. The highest BCUT2D eigenvalue weighted by atomic mass is 35.5. The minimum atomic E-state index is -0.0102. The molecule has 0 amide bonds. The van der Waals surface area contributed by atoms with Crippen LogP contribution in [0.15, 0.2) is 18.2 Å². The fourth-order valence-electron chi connectivity index (χ4n) is 2.71. The fourth-order valence-corrected chi connectivity index (χ4v) is 3.24. The van der Waals surface area contributed by atoms with Crippen molar-refractivity contribution in [3.63, 3.8) is 0 Å². The van der Waals surface area contributed by atoms with Crippen molar-refractivity contribution in [3.05, 3.63) is 34.9 Å². The number of aryl methyl sites for hydroxylation is 2. The predicted molar refractivity (Wildman–Crippen MR) is 77.3 cm³/mol. The summed E-state index contributed by atoms with van der Waals surface area (Å²) >= 11 is 6.70. The third kappa shape index (κ3) is 2.73. The molecule has 18 heavy (non-hydrogen) atoms. The summed E-state index contributed by atoms with van der Waals surface area (Å²) in [5.41, 5.74) is 3.99. The molecule has 1 heterocycles. The first-order valence-electron chi connectivity index (χ1n) is 7.04. The van der Waals surface area contributed by atoms with Crippen LogP contribution in [0.4, 0.5) is 0 Å². The summed E-state index contributed by atoms with van der Waals surface area (Å²) in [7, 11) is 0. The predicted octanol–water partition coefficient (Wildman–Crippen LogP) is 4.52. The fraction of sp³-hybridized carbons (Fsp3) is 0.625. The standard InChI is InChI=1S/C16H23ClO/c1-4-12-6-7-13(5-2)14(10-12)15(17)16-11(3)8-9-18-16/h6-7,10-11,15-16H,4-5,8-9H2,1-3H3. The zero-order valence-corrected chi connectivity index (χ0v) is 12.3. The van der Waals surface area contributed by atoms with Crippen LogP contribution in [-0.4, -0.2) is 12.7 Å². The first kappa shape index (κ1) is 13.9. The zero-order valence-electron chi connectivity index (χ0n) is 11.6. The van der Waals surface area contributed by atoms with E-state index in [0.717, 1.165) is 25.9 Å². The highest BCUT2D eigenvalue weighted by molar-refractivity contribution is 6.21. The summed E-state index contributed by atoms with van der Waals surface area (Å²) in [6.07, 6.45) is 3.39. The van der Waals surface area contributed by atoms with Gasteiger partial charge in [-0.3, -0.25) is 0 Å². The monoisotopic (exact) mass is 266 g/mol. The summed E-state index contributed by atoms with van der Waals surface area (Å²) in [5, 5.41) is -0.0102. The molecule has 0 spiro atoms. The SMILES string of the molecule is CCc1ccc(CC)c(C(Cl)C2OCCC2C)c1. The summed E-state index contributed by atoms with van der Waals surface area (Å²) in [5.74, 6) is 0.558. The van der Waals surface area contributed by atoms with Crippen molar-refractivity contribution in [1.82, 2.24) is 0 Å². The second-order valence-electron chi connectivity index (χ2n) is 5.24. The van der Waals surface area contributed by atoms with Gasteiger partial charge in [-0.25, -0.2) is 0 Å². The van der Waals surface area contributed by atoms with E-state index >= 15 is 0 Å². The molecule has 100 valence electrons. The lowest BCUT2D eigenvalue weighted by Gasteiger charge is -2.23. The Morgan fingerprint density at radius 1 is 1.33 bits per heavy atom. The van der Waals surface area contributed by atoms with Crippen LogP contribution in [0.1, 0.15) is 49.3 Å². The van der Waals surface area contributed by atoms with Gasteiger partial charge in [-0.15, -0.1) is 11.6 Å². The Balaban J connectivity index is 2.29. The highest BCUT2D eigenvalue weighted by Gasteiger charge is 2.32. The van der Waals surface area contributed by atoms with Gasteiger partial charge in [0.15, 0.2) is 0 Å². The normalized spacial score (nSPS) is 25.3. The Morgan fingerprint density at radius 2 is 2.11 bits per heavy atom. The van der Waals surface area contributed by atoms with Gasteiger partial charge in [0.2, 0.25) is 0 Å². The molecule has 0 aliphatic carbocycles. The van der Waals surface area contributed by atoms with Crippen LogP contribution >= 0.6 is 11.6 Å². The minimum absolute atomic E-state index is 0.0102. The number of ether oxygens (including phenoxy) is 1. The van der Waals surface area contributed by atoms with Crippen LogP contribution in [0.25, 0.3) is 0 Å². The van der Waals surface area contributed by atoms with Gasteiger partial charge in [0.1, 0.15) is 0 Å². The molecule has 0 saturated carbocycles. The van der Waals surface area contributed by atoms with Crippen LogP contribution in [0, 0.1) is 5.92 Å². The molecule has 2 heteroatoms. The van der Waals surface area contributed by atoms with Gasteiger partial charge in [0, 0.05) is 6.61 Å². The minimum Gasteiger partial charge on any atom is -0.376 e. The van der Waals surface area contributed by atoms with Crippen molar-refractivity contribution < 1.29 is 4.74 Å². The molecule has 1 aliphatic heterocycles. The molecule has 1 aromatic carbocycles. The maximum absolute atomic E-state index is 6.70. The van der Waals surface area contributed by atoms with Crippen LogP contribution in [0.2, 0.25) is 0 Å². The Kier molecular flexibility index (Phi) is 4.69. The van der Waals surface area contributed by atoms with E-state index in [4.69, 9.17) is 16.3 Å². The summed E-state index contributed by atoms with van der Waals surface area (Å²) in [4.78, 5) is 0. The largest absolute Gasteiger partial charge is 0.376 e. The number of alkyl halides is 1. The quantitative estimate of drug-likeness (QED) is 0.729. The van der Waals surface area contributed by atoms with Crippen molar-refractivity contribution in [2.45, 2.75) is 51.5 Å². The molecule has 3 unspecified atom stereocenters. The third-order valence-corrected chi connectivity index (χ3v) is 4.51. The smallest absolute Gasteiger partial charge is 0.0852 e. The molecule has 0 aromatic heterocycles. The van der Waals surface area contributed by atoms with Crippen molar-refractivity contribution in [1.29, 1.82) is 0 Å². The van der Waals surface area contributed by atoms with E-state index in [0.29, 0.717) is 5.92 Å². The highest BCUT2D eigenvalue weighted by Crippen LogP contribution is 2.37. The molecular formula is C16H23ClO. The van der Waals surface area contributed by atoms with Gasteiger partial charge >= 0.3 is 0 Å². The van der Waals surface area contributed by atoms with Gasteiger partial charge in [-0.1, -0.05) is 39.0 Å². The molecule has 1 fully saturated rings. The van der Waals surface area contributed by atoms with Gasteiger partial charge in [-0.05, 0) is 41.9 Å². The molecule has 0 bridgehead atoms. The molecule has 3 atom stereocenters. The Morgan fingerprint density at radius 3 is 2.67 bits per heavy atom. The van der Waals surface area contributed by atoms with Crippen molar-refractivity contribution >= 4 is 11.6 Å². The maximum atomic E-state index is 6.70. The summed E-state index contributed by atoms with van der Waals surface area (Å²) in [6, 6.07) is 6.71. The summed E-state index contributed by atoms with van der Waals surface area (Å²) < 4.78 is 5.82. The Hall–Kier alpha value is -0.530. The Labute approximate surface area is 115 Å². The molecular weight excluding hydrogens is 244 g/mol. The number of hydrogen-bond donors (Lipinski definition) is 0. The second-order valence-corrected chi connectivity index (χ2v) is 5.71. The average Bonchev–Trinajstić information content (AvgIpc) is 2.83. The lowest BCUT2D eigenvalue weighted by Crippen LogP contribution is -2.20. The van der Waals surface area contributed by atoms with E-state index in [1.807, 2.05) is 0 Å². The summed E-state index contributed by atoms with van der Waals surface area (Å²) in [6.45, 7) is 7.46. The first-order chi connectivity index (χ1) is 8.67. The second kappa shape index (κ2) is 6.08. The van der Waals surface area contributed by atoms with Gasteiger partial charge in [0.25, 0.3) is 0 Å². The van der Waals surface area contributed by atoms with Crippen LogP contribution in [0.5, 0.6) is 0 Å². The van der Waals surface area contributed by atoms with Crippen molar-refractivity contribution in [3.8, 4) is 0 Å². The van der Waals surface area contributed by atoms with Crippen molar-refractivity contribution in [2.75, 3.05) is 6.61 Å². The first-order valence-corrected chi connectivity index (χ1v) is 7.48. The number of rotatable bonds is 4. The number of hydrogen-bond acceptors (Lipinski definition) is 1. The topological polar surface area (TPSA) is 9.23 Å². The van der Waals surface area contributed by atoms with Crippen LogP contribution in [0.3, 0.4) is 0 Å². The van der Waals surface area contributed by atoms with E-state index in [1.165, 1.54) is 16.7 Å². The molecule has 1 aromatic rings. The molecule has 0 radical (unpaired) electrons. The van der Waals surface area contributed by atoms with E-state index < -0.39 is 0 Å². The molecule has 1 nitrogen and oxygen atoms in total. The van der Waals surface area contributed by atoms with Gasteiger partial charge in [-0.2, -0.15) is 0 Å². The van der Waals surface area contributed by atoms with E-state index in [9.17, 15) is 0 Å². The average molecular weight is 267 g/mol. The third-order valence-electron chi connectivity index (χ3n) is 4.03. The lowest BCUT2D eigenvalue weighted by atomic mass is 9.92. The van der Waals surface area contributed by atoms with E-state index in [1.54, 1.807) is 0 Å². The van der Waals surface area contributed by atoms with E-state index in [-0.39, 0.29) is 11.5 Å². The van der Waals surface area contributed by atoms with E-state index in [2.05, 4.69) is 39.0 Å². The Bertz CT molecular complexity index is 402. The molecule has 2 rings (SSSR count). The maximum Gasteiger partial charge on any atom is 0.0852 e. The lowest BCUT2D eigenvalue weighted by molar-refractivity contribution is 0.0901. The number of benzene rings is 1. The van der Waals surface area contributed by atoms with Gasteiger partial charge in [0.05, 0.1) is 11.5 Å². The van der Waals surface area contributed by atoms with Crippen LogP contribution < -0.4 is 0 Å². The molecule has 1 saturated heterocycles. The van der Waals surface area contributed by atoms with Crippen LogP contribution in [-0.2, 0) is 17.6 Å². The van der Waals surface area contributed by atoms with Crippen molar-refractivity contribution in [2.24, 2.45) is 5.92 Å². The number of halogens is 1. The van der Waals surface area contributed by atoms with Gasteiger partial charge < -0.3 is 4.74 Å².